The minimum Gasteiger partial charge on any atom is -0.0616 e. The molecule has 11 rings (SSSR count). The van der Waals surface area contributed by atoms with Gasteiger partial charge in [0.1, 0.15) is 0 Å². The predicted octanol–water partition coefficient (Wildman–Crippen LogP) is 14.7. The van der Waals surface area contributed by atoms with E-state index in [4.69, 9.17) is 0 Å². The van der Waals surface area contributed by atoms with Gasteiger partial charge >= 0.3 is 0 Å². The topological polar surface area (TPSA) is 0 Å². The molecule has 0 aliphatic carbocycles. The molecule has 0 heterocycles. The second kappa shape index (κ2) is 11.4. The van der Waals surface area contributed by atoms with Gasteiger partial charge in [-0.05, 0) is 127 Å². The van der Waals surface area contributed by atoms with Crippen molar-refractivity contribution in [3.8, 4) is 44.5 Å². The van der Waals surface area contributed by atoms with E-state index in [1.807, 2.05) is 0 Å². The van der Waals surface area contributed by atoms with Crippen LogP contribution in [-0.4, -0.2) is 0 Å². The van der Waals surface area contributed by atoms with Gasteiger partial charge in [-0.25, -0.2) is 0 Å². The molecule has 0 N–H and O–H groups in total. The molecule has 0 saturated carbocycles. The van der Waals surface area contributed by atoms with Crippen molar-refractivity contribution in [3.63, 3.8) is 0 Å². The smallest absolute Gasteiger partial charge is 0.00141 e. The lowest BCUT2D eigenvalue weighted by atomic mass is 9.83. The van der Waals surface area contributed by atoms with E-state index in [2.05, 4.69) is 194 Å². The fourth-order valence-corrected chi connectivity index (χ4v) is 8.75. The third-order valence-electron chi connectivity index (χ3n) is 11.2. The molecule has 0 aliphatic rings. The van der Waals surface area contributed by atoms with Crippen LogP contribution in [0.2, 0.25) is 0 Å². The van der Waals surface area contributed by atoms with Gasteiger partial charge in [0.2, 0.25) is 0 Å². The van der Waals surface area contributed by atoms with Crippen molar-refractivity contribution in [3.05, 3.63) is 194 Å². The number of hydrogen-bond acceptors (Lipinski definition) is 0. The van der Waals surface area contributed by atoms with Crippen LogP contribution >= 0.6 is 0 Å². The average Bonchev–Trinajstić information content (AvgIpc) is 3.22. The highest BCUT2D eigenvalue weighted by atomic mass is 14.2. The Kier molecular flexibility index (Phi) is 6.35. The zero-order valence-electron chi connectivity index (χ0n) is 28.5. The van der Waals surface area contributed by atoms with Crippen molar-refractivity contribution in [1.82, 2.24) is 0 Å². The lowest BCUT2D eigenvalue weighted by Gasteiger charge is -2.20. The zero-order valence-corrected chi connectivity index (χ0v) is 28.5. The summed E-state index contributed by atoms with van der Waals surface area (Å²) in [6.45, 7) is 0. The van der Waals surface area contributed by atoms with E-state index in [1.165, 1.54) is 109 Å². The summed E-state index contributed by atoms with van der Waals surface area (Å²) in [7, 11) is 0. The molecule has 240 valence electrons. The standard InChI is InChI=1S/C52H32/c1-2-13-37-30-39(23-22-33(37)10-1)38-16-7-17-40(31-38)49-32-50(44-21-9-15-35-12-4-6-19-42(35)44)48-27-25-36-24-26-45(46-28-29-47(49)52(48)51(36)46)43-20-8-14-34-11-3-5-18-41(34)43/h1-32H. The fourth-order valence-electron chi connectivity index (χ4n) is 8.75. The zero-order chi connectivity index (χ0) is 34.2. The number of benzene rings is 11. The molecular formula is C52H32. The van der Waals surface area contributed by atoms with E-state index < -0.39 is 0 Å². The Labute approximate surface area is 302 Å². The van der Waals surface area contributed by atoms with Crippen molar-refractivity contribution >= 4 is 64.6 Å². The first-order valence-electron chi connectivity index (χ1n) is 18.1. The molecule has 0 unspecified atom stereocenters. The second-order valence-corrected chi connectivity index (χ2v) is 14.0. The highest BCUT2D eigenvalue weighted by Crippen LogP contribution is 2.47. The van der Waals surface area contributed by atoms with Crippen LogP contribution in [-0.2, 0) is 0 Å². The van der Waals surface area contributed by atoms with Gasteiger partial charge in [-0.15, -0.1) is 0 Å². The molecule has 11 aromatic rings. The van der Waals surface area contributed by atoms with Crippen molar-refractivity contribution < 1.29 is 0 Å². The molecule has 0 nitrogen and oxygen atoms in total. The number of hydrogen-bond donors (Lipinski definition) is 0. The molecule has 0 aromatic heterocycles. The maximum atomic E-state index is 2.45. The van der Waals surface area contributed by atoms with Crippen LogP contribution in [0.1, 0.15) is 0 Å². The van der Waals surface area contributed by atoms with E-state index in [9.17, 15) is 0 Å². The van der Waals surface area contributed by atoms with Crippen LogP contribution in [0.3, 0.4) is 0 Å². The summed E-state index contributed by atoms with van der Waals surface area (Å²) in [5, 5.41) is 15.4. The van der Waals surface area contributed by atoms with Gasteiger partial charge in [-0.3, -0.25) is 0 Å². The van der Waals surface area contributed by atoms with Crippen molar-refractivity contribution in [2.45, 2.75) is 0 Å². The Morgan fingerprint density at radius 2 is 0.692 bits per heavy atom. The molecule has 0 bridgehead atoms. The first-order chi connectivity index (χ1) is 25.8. The second-order valence-electron chi connectivity index (χ2n) is 14.0. The molecule has 0 amide bonds. The summed E-state index contributed by atoms with van der Waals surface area (Å²) in [6.07, 6.45) is 0. The van der Waals surface area contributed by atoms with Gasteiger partial charge in [-0.2, -0.15) is 0 Å². The maximum absolute atomic E-state index is 2.45. The summed E-state index contributed by atoms with van der Waals surface area (Å²) in [6, 6.07) is 72.0. The number of rotatable bonds is 4. The molecule has 0 radical (unpaired) electrons. The van der Waals surface area contributed by atoms with E-state index in [0.29, 0.717) is 0 Å². The van der Waals surface area contributed by atoms with E-state index in [-0.39, 0.29) is 0 Å². The normalized spacial score (nSPS) is 11.8. The highest BCUT2D eigenvalue weighted by molar-refractivity contribution is 6.31. The van der Waals surface area contributed by atoms with Crippen LogP contribution in [0.25, 0.3) is 109 Å². The molecule has 0 saturated heterocycles. The molecule has 0 fully saturated rings. The lowest BCUT2D eigenvalue weighted by Crippen LogP contribution is -1.93. The van der Waals surface area contributed by atoms with Crippen molar-refractivity contribution in [2.75, 3.05) is 0 Å². The molecule has 0 aliphatic heterocycles. The Balaban J connectivity index is 1.23. The quantitative estimate of drug-likeness (QED) is 0.165. The van der Waals surface area contributed by atoms with Crippen molar-refractivity contribution in [2.24, 2.45) is 0 Å². The van der Waals surface area contributed by atoms with Gasteiger partial charge in [-0.1, -0.05) is 176 Å². The first kappa shape index (κ1) is 29.0. The van der Waals surface area contributed by atoms with Gasteiger partial charge in [0.25, 0.3) is 0 Å². The summed E-state index contributed by atoms with van der Waals surface area (Å²) in [4.78, 5) is 0. The van der Waals surface area contributed by atoms with Gasteiger partial charge in [0.05, 0.1) is 0 Å². The summed E-state index contributed by atoms with van der Waals surface area (Å²) in [5.74, 6) is 0. The van der Waals surface area contributed by atoms with E-state index in [1.54, 1.807) is 0 Å². The highest BCUT2D eigenvalue weighted by Gasteiger charge is 2.20. The Morgan fingerprint density at radius 3 is 1.46 bits per heavy atom. The van der Waals surface area contributed by atoms with Gasteiger partial charge < -0.3 is 0 Å². The van der Waals surface area contributed by atoms with E-state index >= 15 is 0 Å². The minimum absolute atomic E-state index is 1.22. The average molecular weight is 657 g/mol. The van der Waals surface area contributed by atoms with Crippen LogP contribution in [0, 0.1) is 0 Å². The fraction of sp³-hybridized carbons (Fsp3) is 0. The Hall–Kier alpha value is -6.76. The molecule has 0 heteroatoms. The molecule has 52 heavy (non-hydrogen) atoms. The lowest BCUT2D eigenvalue weighted by molar-refractivity contribution is 1.62. The summed E-state index contributed by atoms with van der Waals surface area (Å²) < 4.78 is 0. The Morgan fingerprint density at radius 1 is 0.192 bits per heavy atom. The third-order valence-corrected chi connectivity index (χ3v) is 11.2. The molecular weight excluding hydrogens is 625 g/mol. The minimum atomic E-state index is 1.22. The summed E-state index contributed by atoms with van der Waals surface area (Å²) >= 11 is 0. The molecule has 0 atom stereocenters. The Bertz CT molecular complexity index is 3170. The predicted molar refractivity (Wildman–Crippen MR) is 224 cm³/mol. The van der Waals surface area contributed by atoms with E-state index in [0.717, 1.165) is 0 Å². The first-order valence-corrected chi connectivity index (χ1v) is 18.1. The third kappa shape index (κ3) is 4.41. The largest absolute Gasteiger partial charge is 0.0616 e. The van der Waals surface area contributed by atoms with Crippen LogP contribution in [0.4, 0.5) is 0 Å². The summed E-state index contributed by atoms with van der Waals surface area (Å²) in [5.41, 5.74) is 9.99. The maximum Gasteiger partial charge on any atom is -0.00141 e. The van der Waals surface area contributed by atoms with Crippen molar-refractivity contribution in [1.29, 1.82) is 0 Å². The van der Waals surface area contributed by atoms with Gasteiger partial charge in [0, 0.05) is 0 Å². The molecule has 0 spiro atoms. The van der Waals surface area contributed by atoms with Crippen LogP contribution in [0.5, 0.6) is 0 Å². The monoisotopic (exact) mass is 656 g/mol. The number of fused-ring (bicyclic) bond motifs is 3. The van der Waals surface area contributed by atoms with Gasteiger partial charge in [0.15, 0.2) is 0 Å². The van der Waals surface area contributed by atoms with Crippen LogP contribution < -0.4 is 0 Å². The SMILES string of the molecule is c1cc(-c2ccc3ccccc3c2)cc(-c2cc(-c3cccc4ccccc34)c3ccc4ccc(-c5cccc6ccccc56)c5ccc2c3c45)c1. The molecule has 11 aromatic carbocycles. The van der Waals surface area contributed by atoms with Crippen LogP contribution in [0.15, 0.2) is 194 Å².